The number of benzene rings is 1. The van der Waals surface area contributed by atoms with Gasteiger partial charge in [-0.15, -0.1) is 0 Å². The van der Waals surface area contributed by atoms with Crippen molar-refractivity contribution in [1.82, 2.24) is 19.3 Å². The van der Waals surface area contributed by atoms with Crippen LogP contribution in [0.15, 0.2) is 30.5 Å². The van der Waals surface area contributed by atoms with E-state index in [9.17, 15) is 4.79 Å². The summed E-state index contributed by atoms with van der Waals surface area (Å²) < 4.78 is 2.23. The lowest BCUT2D eigenvalue weighted by Gasteiger charge is -2.31. The number of H-pyrrole nitrogens is 1. The number of piperidine rings is 1. The van der Waals surface area contributed by atoms with E-state index in [2.05, 4.69) is 79.4 Å². The fourth-order valence-corrected chi connectivity index (χ4v) is 5.77. The summed E-state index contributed by atoms with van der Waals surface area (Å²) in [6.45, 7) is 15.5. The standard InChI is InChI=1S/C30H38N4O/c1-7-25(35)17-33-12-10-22(11-13-33)23-8-9-27-26(15-23)28(18(2)3)29(32-27)24-14-19(4)30-31-20(5)21(6)34(30)16-24/h8-9,14-16,18,22,32H,7,10-13,17H2,1-6H3. The molecule has 1 aromatic carbocycles. The fourth-order valence-electron chi connectivity index (χ4n) is 5.77. The lowest BCUT2D eigenvalue weighted by molar-refractivity contribution is -0.120. The maximum atomic E-state index is 11.9. The first-order chi connectivity index (χ1) is 16.8. The van der Waals surface area contributed by atoms with E-state index in [0.717, 1.165) is 37.3 Å². The van der Waals surface area contributed by atoms with Gasteiger partial charge in [-0.1, -0.05) is 26.8 Å². The second-order valence-corrected chi connectivity index (χ2v) is 10.7. The summed E-state index contributed by atoms with van der Waals surface area (Å²) in [4.78, 5) is 22.7. The molecule has 35 heavy (non-hydrogen) atoms. The second kappa shape index (κ2) is 9.27. The fraction of sp³-hybridized carbons (Fsp3) is 0.467. The molecule has 1 aliphatic rings. The number of carbonyl (C=O) groups is 1. The molecule has 4 aromatic rings. The lowest BCUT2D eigenvalue weighted by Crippen LogP contribution is -2.36. The highest BCUT2D eigenvalue weighted by atomic mass is 16.1. The first-order valence-corrected chi connectivity index (χ1v) is 13.1. The van der Waals surface area contributed by atoms with Crippen LogP contribution < -0.4 is 0 Å². The molecule has 5 rings (SSSR count). The van der Waals surface area contributed by atoms with E-state index in [4.69, 9.17) is 4.98 Å². The van der Waals surface area contributed by atoms with Crippen molar-refractivity contribution in [2.24, 2.45) is 0 Å². The molecule has 0 unspecified atom stereocenters. The molecule has 0 aliphatic carbocycles. The molecule has 5 heteroatoms. The number of Topliss-reactive ketones (excluding diaryl/α,β-unsaturated/α-hetero) is 1. The van der Waals surface area contributed by atoms with Crippen molar-refractivity contribution in [3.8, 4) is 11.3 Å². The number of aromatic nitrogens is 3. The van der Waals surface area contributed by atoms with Gasteiger partial charge in [-0.25, -0.2) is 4.98 Å². The second-order valence-electron chi connectivity index (χ2n) is 10.7. The molecule has 1 saturated heterocycles. The first-order valence-electron chi connectivity index (χ1n) is 13.1. The Kier molecular flexibility index (Phi) is 6.30. The monoisotopic (exact) mass is 470 g/mol. The third kappa shape index (κ3) is 4.31. The summed E-state index contributed by atoms with van der Waals surface area (Å²) in [5.74, 6) is 1.30. The van der Waals surface area contributed by atoms with Gasteiger partial charge >= 0.3 is 0 Å². The van der Waals surface area contributed by atoms with Gasteiger partial charge in [0.25, 0.3) is 0 Å². The number of fused-ring (bicyclic) bond motifs is 2. The lowest BCUT2D eigenvalue weighted by atomic mass is 9.87. The minimum absolute atomic E-state index is 0.348. The average molecular weight is 471 g/mol. The van der Waals surface area contributed by atoms with Crippen molar-refractivity contribution < 1.29 is 4.79 Å². The van der Waals surface area contributed by atoms with Gasteiger partial charge in [0.2, 0.25) is 0 Å². The molecule has 0 bridgehead atoms. The van der Waals surface area contributed by atoms with E-state index in [1.165, 1.54) is 44.5 Å². The molecule has 184 valence electrons. The minimum atomic E-state index is 0.348. The number of hydrogen-bond donors (Lipinski definition) is 1. The number of pyridine rings is 1. The molecule has 1 N–H and O–H groups in total. The number of nitrogens with zero attached hydrogens (tertiary/aromatic N) is 3. The molecule has 0 spiro atoms. The summed E-state index contributed by atoms with van der Waals surface area (Å²) >= 11 is 0. The van der Waals surface area contributed by atoms with Gasteiger partial charge in [0.1, 0.15) is 11.4 Å². The number of hydrogen-bond acceptors (Lipinski definition) is 3. The van der Waals surface area contributed by atoms with Crippen LogP contribution in [0.5, 0.6) is 0 Å². The normalized spacial score (nSPS) is 15.6. The number of aromatic amines is 1. The highest BCUT2D eigenvalue weighted by molar-refractivity contribution is 5.92. The van der Waals surface area contributed by atoms with Crippen molar-refractivity contribution in [1.29, 1.82) is 0 Å². The van der Waals surface area contributed by atoms with E-state index in [-0.39, 0.29) is 0 Å². The largest absolute Gasteiger partial charge is 0.354 e. The predicted octanol–water partition coefficient (Wildman–Crippen LogP) is 6.69. The van der Waals surface area contributed by atoms with Gasteiger partial charge < -0.3 is 9.38 Å². The average Bonchev–Trinajstić information content (AvgIpc) is 3.37. The molecule has 1 aliphatic heterocycles. The van der Waals surface area contributed by atoms with Crippen LogP contribution in [0, 0.1) is 20.8 Å². The van der Waals surface area contributed by atoms with E-state index < -0.39 is 0 Å². The number of nitrogens with one attached hydrogen (secondary N) is 1. The summed E-state index contributed by atoms with van der Waals surface area (Å²) in [7, 11) is 0. The molecule has 0 atom stereocenters. The van der Waals surface area contributed by atoms with Gasteiger partial charge in [0.15, 0.2) is 0 Å². The molecular formula is C30H38N4O. The van der Waals surface area contributed by atoms with Gasteiger partial charge in [-0.05, 0) is 93.4 Å². The number of likely N-dealkylation sites (tertiary alicyclic amines) is 1. The van der Waals surface area contributed by atoms with E-state index in [1.807, 2.05) is 6.92 Å². The van der Waals surface area contributed by atoms with Crippen LogP contribution in [-0.2, 0) is 4.79 Å². The Bertz CT molecular complexity index is 1400. The third-order valence-electron chi connectivity index (χ3n) is 7.96. The molecule has 5 nitrogen and oxygen atoms in total. The number of carbonyl (C=O) groups excluding carboxylic acids is 1. The van der Waals surface area contributed by atoms with Crippen molar-refractivity contribution in [3.63, 3.8) is 0 Å². The molecule has 3 aromatic heterocycles. The molecule has 0 amide bonds. The first kappa shape index (κ1) is 23.8. The van der Waals surface area contributed by atoms with E-state index in [0.29, 0.717) is 30.6 Å². The van der Waals surface area contributed by atoms with Gasteiger partial charge in [0.05, 0.1) is 17.9 Å². The van der Waals surface area contributed by atoms with Crippen LogP contribution in [0.1, 0.15) is 79.9 Å². The van der Waals surface area contributed by atoms with E-state index in [1.54, 1.807) is 0 Å². The SMILES string of the molecule is CCC(=O)CN1CCC(c2ccc3[nH]c(-c4cc(C)c5nc(C)c(C)n5c4)c(C(C)C)c3c2)CC1. The Morgan fingerprint density at radius 2 is 1.89 bits per heavy atom. The van der Waals surface area contributed by atoms with Crippen LogP contribution in [0.3, 0.4) is 0 Å². The quantitative estimate of drug-likeness (QED) is 0.341. The van der Waals surface area contributed by atoms with Crippen LogP contribution in [-0.4, -0.2) is 44.7 Å². The van der Waals surface area contributed by atoms with Crippen molar-refractivity contribution >= 4 is 22.3 Å². The van der Waals surface area contributed by atoms with Crippen LogP contribution in [0.25, 0.3) is 27.8 Å². The number of ketones is 1. The van der Waals surface area contributed by atoms with E-state index >= 15 is 0 Å². The smallest absolute Gasteiger partial charge is 0.146 e. The Morgan fingerprint density at radius 3 is 2.57 bits per heavy atom. The number of rotatable bonds is 6. The van der Waals surface area contributed by atoms with Gasteiger partial charge in [-0.3, -0.25) is 9.69 Å². The highest BCUT2D eigenvalue weighted by Gasteiger charge is 2.24. The Morgan fingerprint density at radius 1 is 1.14 bits per heavy atom. The van der Waals surface area contributed by atoms with Crippen LogP contribution in [0.2, 0.25) is 0 Å². The molecular weight excluding hydrogens is 432 g/mol. The highest BCUT2D eigenvalue weighted by Crippen LogP contribution is 2.39. The maximum Gasteiger partial charge on any atom is 0.146 e. The van der Waals surface area contributed by atoms with Gasteiger partial charge in [0, 0.05) is 34.8 Å². The minimum Gasteiger partial charge on any atom is -0.354 e. The third-order valence-corrected chi connectivity index (χ3v) is 7.96. The van der Waals surface area contributed by atoms with Crippen LogP contribution >= 0.6 is 0 Å². The Hall–Kier alpha value is -2.92. The number of imidazole rings is 1. The summed E-state index contributed by atoms with van der Waals surface area (Å²) in [5.41, 5.74) is 11.0. The molecule has 0 saturated carbocycles. The Labute approximate surface area is 208 Å². The van der Waals surface area contributed by atoms with Crippen molar-refractivity contribution in [2.45, 2.75) is 72.6 Å². The molecule has 1 fully saturated rings. The summed E-state index contributed by atoms with van der Waals surface area (Å²) in [6, 6.07) is 9.28. The van der Waals surface area contributed by atoms with Gasteiger partial charge in [-0.2, -0.15) is 0 Å². The van der Waals surface area contributed by atoms with Crippen molar-refractivity contribution in [3.05, 3.63) is 58.5 Å². The van der Waals surface area contributed by atoms with Crippen LogP contribution in [0.4, 0.5) is 0 Å². The number of aryl methyl sites for hydroxylation is 3. The summed E-state index contributed by atoms with van der Waals surface area (Å²) in [6.07, 6.45) is 5.11. The summed E-state index contributed by atoms with van der Waals surface area (Å²) in [5, 5.41) is 1.34. The molecule has 0 radical (unpaired) electrons. The zero-order valence-electron chi connectivity index (χ0n) is 22.0. The maximum absolute atomic E-state index is 11.9. The predicted molar refractivity (Wildman–Crippen MR) is 144 cm³/mol. The zero-order chi connectivity index (χ0) is 24.9. The van der Waals surface area contributed by atoms with Crippen molar-refractivity contribution in [2.75, 3.05) is 19.6 Å². The molecule has 4 heterocycles. The Balaban J connectivity index is 1.51. The topological polar surface area (TPSA) is 53.4 Å². The zero-order valence-corrected chi connectivity index (χ0v) is 22.0.